The Kier molecular flexibility index (Phi) is 3.94. The summed E-state index contributed by atoms with van der Waals surface area (Å²) in [7, 11) is 3.74. The summed E-state index contributed by atoms with van der Waals surface area (Å²) in [5.74, 6) is -0.108. The average Bonchev–Trinajstić information content (AvgIpc) is 2.73. The average molecular weight is 246 g/mol. The minimum Gasteiger partial charge on any atom is -0.351 e. The largest absolute Gasteiger partial charge is 0.351 e. The van der Waals surface area contributed by atoms with Gasteiger partial charge in [-0.3, -0.25) is 9.48 Å². The van der Waals surface area contributed by atoms with Crippen LogP contribution in [0.2, 0.25) is 0 Å². The van der Waals surface area contributed by atoms with Crippen molar-refractivity contribution in [2.75, 3.05) is 20.1 Å². The van der Waals surface area contributed by atoms with Gasteiger partial charge in [-0.2, -0.15) is 5.10 Å². The molecule has 0 saturated carbocycles. The highest BCUT2D eigenvalue weighted by Crippen LogP contribution is 2.16. The van der Waals surface area contributed by atoms with E-state index in [9.17, 15) is 4.79 Å². The molecule has 0 aliphatic heterocycles. The normalized spacial score (nSPS) is 10.8. The lowest BCUT2D eigenvalue weighted by Gasteiger charge is -2.02. The number of rotatable bonds is 5. The summed E-state index contributed by atoms with van der Waals surface area (Å²) in [6.07, 6.45) is 0.910. The highest BCUT2D eigenvalue weighted by Gasteiger charge is 2.14. The maximum absolute atomic E-state index is 12.0. The Balaban J connectivity index is 2.13. The molecule has 2 rings (SSSR count). The van der Waals surface area contributed by atoms with E-state index < -0.39 is 0 Å². The van der Waals surface area contributed by atoms with E-state index in [0.29, 0.717) is 12.2 Å². The summed E-state index contributed by atoms with van der Waals surface area (Å²) in [5.41, 5.74) is 1.47. The van der Waals surface area contributed by atoms with Crippen molar-refractivity contribution in [2.45, 2.75) is 6.42 Å². The molecule has 96 valence electrons. The molecule has 18 heavy (non-hydrogen) atoms. The Morgan fingerprint density at radius 1 is 1.33 bits per heavy atom. The van der Waals surface area contributed by atoms with Crippen molar-refractivity contribution in [3.05, 3.63) is 30.0 Å². The maximum atomic E-state index is 12.0. The summed E-state index contributed by atoms with van der Waals surface area (Å²) in [4.78, 5) is 12.0. The SMILES string of the molecule is CNCCCNC(=O)c1nn(C)c2ccccc12. The van der Waals surface area contributed by atoms with Crippen LogP contribution in [0.1, 0.15) is 16.9 Å². The van der Waals surface area contributed by atoms with Crippen molar-refractivity contribution < 1.29 is 4.79 Å². The van der Waals surface area contributed by atoms with Gasteiger partial charge in [-0.05, 0) is 26.1 Å². The standard InChI is InChI=1S/C13H18N4O/c1-14-8-5-9-15-13(18)12-10-6-3-4-7-11(10)17(2)16-12/h3-4,6-7,14H,5,8-9H2,1-2H3,(H,15,18). The van der Waals surface area contributed by atoms with Crippen molar-refractivity contribution in [3.63, 3.8) is 0 Å². The van der Waals surface area contributed by atoms with Crippen molar-refractivity contribution in [3.8, 4) is 0 Å². The zero-order valence-electron chi connectivity index (χ0n) is 10.7. The van der Waals surface area contributed by atoms with Gasteiger partial charge in [0.1, 0.15) is 0 Å². The number of para-hydroxylation sites is 1. The van der Waals surface area contributed by atoms with Gasteiger partial charge in [-0.15, -0.1) is 0 Å². The third-order valence-electron chi connectivity index (χ3n) is 2.86. The fourth-order valence-electron chi connectivity index (χ4n) is 1.93. The van der Waals surface area contributed by atoms with Crippen LogP contribution in [0.5, 0.6) is 0 Å². The smallest absolute Gasteiger partial charge is 0.272 e. The predicted molar refractivity (Wildman–Crippen MR) is 71.6 cm³/mol. The van der Waals surface area contributed by atoms with Gasteiger partial charge in [-0.1, -0.05) is 18.2 Å². The topological polar surface area (TPSA) is 58.9 Å². The second kappa shape index (κ2) is 5.64. The molecule has 2 aromatic rings. The van der Waals surface area contributed by atoms with Crippen LogP contribution in [0.3, 0.4) is 0 Å². The number of carbonyl (C=O) groups excluding carboxylic acids is 1. The van der Waals surface area contributed by atoms with Crippen LogP contribution in [-0.2, 0) is 7.05 Å². The number of nitrogens with zero attached hydrogens (tertiary/aromatic N) is 2. The number of aromatic nitrogens is 2. The van der Waals surface area contributed by atoms with E-state index in [1.807, 2.05) is 38.4 Å². The molecular weight excluding hydrogens is 228 g/mol. The lowest BCUT2D eigenvalue weighted by Crippen LogP contribution is -2.27. The number of nitrogens with one attached hydrogen (secondary N) is 2. The maximum Gasteiger partial charge on any atom is 0.272 e. The first-order valence-electron chi connectivity index (χ1n) is 6.08. The van der Waals surface area contributed by atoms with Crippen LogP contribution < -0.4 is 10.6 Å². The molecule has 1 amide bonds. The van der Waals surface area contributed by atoms with E-state index in [0.717, 1.165) is 23.9 Å². The van der Waals surface area contributed by atoms with E-state index in [4.69, 9.17) is 0 Å². The second-order valence-electron chi connectivity index (χ2n) is 4.20. The molecule has 0 aliphatic rings. The first-order chi connectivity index (χ1) is 8.74. The van der Waals surface area contributed by atoms with E-state index in [1.165, 1.54) is 0 Å². The molecule has 5 nitrogen and oxygen atoms in total. The van der Waals surface area contributed by atoms with Crippen LogP contribution in [0.15, 0.2) is 24.3 Å². The molecule has 0 radical (unpaired) electrons. The van der Waals surface area contributed by atoms with Gasteiger partial charge >= 0.3 is 0 Å². The number of hydrogen-bond acceptors (Lipinski definition) is 3. The first-order valence-corrected chi connectivity index (χ1v) is 6.08. The van der Waals surface area contributed by atoms with Gasteiger partial charge < -0.3 is 10.6 Å². The molecule has 0 fully saturated rings. The van der Waals surface area contributed by atoms with Gasteiger partial charge in [0.2, 0.25) is 0 Å². The van der Waals surface area contributed by atoms with Gasteiger partial charge in [0.25, 0.3) is 5.91 Å². The van der Waals surface area contributed by atoms with Gasteiger partial charge in [-0.25, -0.2) is 0 Å². The molecule has 1 aromatic heterocycles. The van der Waals surface area contributed by atoms with Crippen molar-refractivity contribution in [1.82, 2.24) is 20.4 Å². The molecule has 5 heteroatoms. The fraction of sp³-hybridized carbons (Fsp3) is 0.385. The molecule has 0 saturated heterocycles. The third-order valence-corrected chi connectivity index (χ3v) is 2.86. The van der Waals surface area contributed by atoms with E-state index in [2.05, 4.69) is 15.7 Å². The van der Waals surface area contributed by atoms with E-state index in [1.54, 1.807) is 4.68 Å². The zero-order valence-corrected chi connectivity index (χ0v) is 10.7. The summed E-state index contributed by atoms with van der Waals surface area (Å²) in [6.45, 7) is 1.55. The van der Waals surface area contributed by atoms with E-state index >= 15 is 0 Å². The monoisotopic (exact) mass is 246 g/mol. The molecule has 0 bridgehead atoms. The number of carbonyl (C=O) groups is 1. The number of fused-ring (bicyclic) bond motifs is 1. The van der Waals surface area contributed by atoms with Gasteiger partial charge in [0, 0.05) is 19.0 Å². The molecule has 0 unspecified atom stereocenters. The Hall–Kier alpha value is -1.88. The summed E-state index contributed by atoms with van der Waals surface area (Å²) >= 11 is 0. The minimum atomic E-state index is -0.108. The highest BCUT2D eigenvalue weighted by atomic mass is 16.1. The molecule has 0 aliphatic carbocycles. The highest BCUT2D eigenvalue weighted by molar-refractivity contribution is 6.04. The number of aryl methyl sites for hydroxylation is 1. The van der Waals surface area contributed by atoms with E-state index in [-0.39, 0.29) is 5.91 Å². The third kappa shape index (κ3) is 2.51. The van der Waals surface area contributed by atoms with Crippen molar-refractivity contribution in [2.24, 2.45) is 7.05 Å². The van der Waals surface area contributed by atoms with Crippen LogP contribution in [0, 0.1) is 0 Å². The van der Waals surface area contributed by atoms with Crippen LogP contribution in [0.4, 0.5) is 0 Å². The number of benzene rings is 1. The number of amides is 1. The van der Waals surface area contributed by atoms with Crippen molar-refractivity contribution >= 4 is 16.8 Å². The molecule has 0 atom stereocenters. The lowest BCUT2D eigenvalue weighted by molar-refractivity contribution is 0.0949. The second-order valence-corrected chi connectivity index (χ2v) is 4.20. The Morgan fingerprint density at radius 3 is 2.89 bits per heavy atom. The van der Waals surface area contributed by atoms with Crippen molar-refractivity contribution in [1.29, 1.82) is 0 Å². The van der Waals surface area contributed by atoms with Gasteiger partial charge in [0.05, 0.1) is 5.52 Å². The molecule has 1 heterocycles. The zero-order chi connectivity index (χ0) is 13.0. The van der Waals surface area contributed by atoms with Crippen LogP contribution in [-0.4, -0.2) is 35.8 Å². The molecule has 1 aromatic carbocycles. The molecule has 0 spiro atoms. The predicted octanol–water partition coefficient (Wildman–Crippen LogP) is 0.913. The minimum absolute atomic E-state index is 0.108. The van der Waals surface area contributed by atoms with Crippen LogP contribution >= 0.6 is 0 Å². The first kappa shape index (κ1) is 12.6. The Bertz CT molecular complexity index is 547. The Labute approximate surface area is 106 Å². The van der Waals surface area contributed by atoms with Gasteiger partial charge in [0.15, 0.2) is 5.69 Å². The van der Waals surface area contributed by atoms with Crippen LogP contribution in [0.25, 0.3) is 10.9 Å². The fourth-order valence-corrected chi connectivity index (χ4v) is 1.93. The summed E-state index contributed by atoms with van der Waals surface area (Å²) < 4.78 is 1.73. The summed E-state index contributed by atoms with van der Waals surface area (Å²) in [6, 6.07) is 7.74. The quantitative estimate of drug-likeness (QED) is 0.771. The Morgan fingerprint density at radius 2 is 2.11 bits per heavy atom. The number of hydrogen-bond donors (Lipinski definition) is 2. The summed E-state index contributed by atoms with van der Waals surface area (Å²) in [5, 5.41) is 11.1. The molecular formula is C13H18N4O. The molecule has 2 N–H and O–H groups in total. The lowest BCUT2D eigenvalue weighted by atomic mass is 10.2.